The number of aryl methyl sites for hydroxylation is 1. The predicted octanol–water partition coefficient (Wildman–Crippen LogP) is 0.863. The van der Waals surface area contributed by atoms with Crippen molar-refractivity contribution in [1.82, 2.24) is 10.3 Å². The summed E-state index contributed by atoms with van der Waals surface area (Å²) in [5.74, 6) is -1.75. The Morgan fingerprint density at radius 2 is 2.16 bits per heavy atom. The van der Waals surface area contributed by atoms with E-state index < -0.39 is 17.9 Å². The highest BCUT2D eigenvalue weighted by Crippen LogP contribution is 2.12. The number of carboxylic acids is 1. The third-order valence-electron chi connectivity index (χ3n) is 2.49. The smallest absolute Gasteiger partial charge is 0.326 e. The highest BCUT2D eigenvalue weighted by molar-refractivity contribution is 6.29. The fraction of sp³-hybridized carbons (Fsp3) is 0.417. The standard InChI is InChI=1S/C12H15ClN2O4/c1-2-8-5-7(6-10(13)14-8)11(17)15-9(3-4-16)12(18)19/h5-6,9,16H,2-4H2,1H3,(H,15,17)(H,18,19)/t9-/m0/s1. The number of nitrogens with one attached hydrogen (secondary N) is 1. The van der Waals surface area contributed by atoms with Crippen LogP contribution in [0.5, 0.6) is 0 Å². The molecule has 19 heavy (non-hydrogen) atoms. The maximum absolute atomic E-state index is 11.9. The van der Waals surface area contributed by atoms with Gasteiger partial charge in [0.2, 0.25) is 0 Å². The second-order valence-electron chi connectivity index (χ2n) is 3.90. The molecule has 0 saturated heterocycles. The van der Waals surface area contributed by atoms with E-state index in [-0.39, 0.29) is 23.7 Å². The van der Waals surface area contributed by atoms with Crippen LogP contribution in [0.3, 0.4) is 0 Å². The molecule has 0 aromatic carbocycles. The zero-order valence-corrected chi connectivity index (χ0v) is 11.1. The number of hydrogen-bond acceptors (Lipinski definition) is 4. The molecule has 6 nitrogen and oxygen atoms in total. The van der Waals surface area contributed by atoms with E-state index >= 15 is 0 Å². The normalized spacial score (nSPS) is 11.9. The molecule has 0 saturated carbocycles. The first-order chi connectivity index (χ1) is 8.97. The molecule has 0 radical (unpaired) electrons. The fourth-order valence-corrected chi connectivity index (χ4v) is 1.72. The lowest BCUT2D eigenvalue weighted by atomic mass is 10.1. The van der Waals surface area contributed by atoms with Crippen LogP contribution in [-0.2, 0) is 11.2 Å². The van der Waals surface area contributed by atoms with Crippen molar-refractivity contribution in [1.29, 1.82) is 0 Å². The summed E-state index contributed by atoms with van der Waals surface area (Å²) < 4.78 is 0. The molecule has 0 spiro atoms. The Balaban J connectivity index is 2.87. The van der Waals surface area contributed by atoms with Gasteiger partial charge in [-0.15, -0.1) is 0 Å². The summed E-state index contributed by atoms with van der Waals surface area (Å²) >= 11 is 5.79. The third-order valence-corrected chi connectivity index (χ3v) is 2.69. The van der Waals surface area contributed by atoms with Gasteiger partial charge in [-0.25, -0.2) is 9.78 Å². The molecule has 0 bridgehead atoms. The summed E-state index contributed by atoms with van der Waals surface area (Å²) in [6, 6.07) is 1.79. The van der Waals surface area contributed by atoms with Gasteiger partial charge in [-0.2, -0.15) is 0 Å². The van der Waals surface area contributed by atoms with Gasteiger partial charge in [0.15, 0.2) is 0 Å². The number of carbonyl (C=O) groups is 2. The lowest BCUT2D eigenvalue weighted by Crippen LogP contribution is -2.41. The first-order valence-corrected chi connectivity index (χ1v) is 6.16. The Bertz CT molecular complexity index is 479. The number of nitrogens with zero attached hydrogens (tertiary/aromatic N) is 1. The number of aliphatic carboxylic acids is 1. The molecule has 7 heteroatoms. The highest BCUT2D eigenvalue weighted by Gasteiger charge is 2.20. The number of hydrogen-bond donors (Lipinski definition) is 3. The average molecular weight is 287 g/mol. The molecule has 0 aliphatic carbocycles. The minimum Gasteiger partial charge on any atom is -0.480 e. The Morgan fingerprint density at radius 1 is 1.47 bits per heavy atom. The minimum absolute atomic E-state index is 0.0550. The van der Waals surface area contributed by atoms with E-state index in [4.69, 9.17) is 21.8 Å². The fourth-order valence-electron chi connectivity index (χ4n) is 1.49. The number of aliphatic hydroxyl groups excluding tert-OH is 1. The molecule has 104 valence electrons. The Labute approximate surface area is 115 Å². The molecular formula is C12H15ClN2O4. The second-order valence-corrected chi connectivity index (χ2v) is 4.29. The second kappa shape index (κ2) is 7.06. The average Bonchev–Trinajstić information content (AvgIpc) is 2.37. The highest BCUT2D eigenvalue weighted by atomic mass is 35.5. The number of amides is 1. The summed E-state index contributed by atoms with van der Waals surface area (Å²) in [4.78, 5) is 26.8. The molecule has 1 aromatic rings. The summed E-state index contributed by atoms with van der Waals surface area (Å²) in [6.07, 6.45) is 0.556. The van der Waals surface area contributed by atoms with Gasteiger partial charge in [0.25, 0.3) is 5.91 Å². The lowest BCUT2D eigenvalue weighted by molar-refractivity contribution is -0.139. The molecule has 0 fully saturated rings. The van der Waals surface area contributed by atoms with Gasteiger partial charge in [-0.3, -0.25) is 4.79 Å². The molecular weight excluding hydrogens is 272 g/mol. The largest absolute Gasteiger partial charge is 0.480 e. The van der Waals surface area contributed by atoms with E-state index in [1.165, 1.54) is 6.07 Å². The summed E-state index contributed by atoms with van der Waals surface area (Å²) in [5, 5.41) is 20.1. The molecule has 0 aliphatic rings. The van der Waals surface area contributed by atoms with Crippen LogP contribution in [0.25, 0.3) is 0 Å². The zero-order chi connectivity index (χ0) is 14.4. The van der Waals surface area contributed by atoms with E-state index in [1.807, 2.05) is 6.92 Å². The minimum atomic E-state index is -1.20. The number of rotatable bonds is 6. The van der Waals surface area contributed by atoms with Crippen molar-refractivity contribution in [3.05, 3.63) is 28.5 Å². The van der Waals surface area contributed by atoms with Gasteiger partial charge >= 0.3 is 5.97 Å². The maximum atomic E-state index is 11.9. The number of aromatic nitrogens is 1. The predicted molar refractivity (Wildman–Crippen MR) is 69.2 cm³/mol. The van der Waals surface area contributed by atoms with E-state index in [0.717, 1.165) is 0 Å². The van der Waals surface area contributed by atoms with Crippen LogP contribution < -0.4 is 5.32 Å². The van der Waals surface area contributed by atoms with E-state index in [1.54, 1.807) is 6.07 Å². The van der Waals surface area contributed by atoms with Gasteiger partial charge in [0.1, 0.15) is 11.2 Å². The van der Waals surface area contributed by atoms with Crippen LogP contribution in [-0.4, -0.2) is 39.7 Å². The van der Waals surface area contributed by atoms with Crippen LogP contribution in [0.4, 0.5) is 0 Å². The summed E-state index contributed by atoms with van der Waals surface area (Å²) in [6.45, 7) is 1.54. The van der Waals surface area contributed by atoms with Crippen molar-refractivity contribution in [2.45, 2.75) is 25.8 Å². The lowest BCUT2D eigenvalue weighted by Gasteiger charge is -2.13. The zero-order valence-electron chi connectivity index (χ0n) is 10.4. The molecule has 1 amide bonds. The molecule has 1 atom stereocenters. The third kappa shape index (κ3) is 4.50. The summed E-state index contributed by atoms with van der Waals surface area (Å²) in [5.41, 5.74) is 0.896. The quantitative estimate of drug-likeness (QED) is 0.674. The van der Waals surface area contributed by atoms with Crippen LogP contribution in [0, 0.1) is 0 Å². The van der Waals surface area contributed by atoms with E-state index in [9.17, 15) is 9.59 Å². The number of halogens is 1. The van der Waals surface area contributed by atoms with Gasteiger partial charge in [-0.05, 0) is 18.6 Å². The molecule has 1 heterocycles. The van der Waals surface area contributed by atoms with Crippen molar-refractivity contribution in [3.8, 4) is 0 Å². The SMILES string of the molecule is CCc1cc(C(=O)N[C@@H](CCO)C(=O)O)cc(Cl)n1. The van der Waals surface area contributed by atoms with E-state index in [2.05, 4.69) is 10.3 Å². The van der Waals surface area contributed by atoms with Gasteiger partial charge in [0, 0.05) is 24.3 Å². The number of pyridine rings is 1. The van der Waals surface area contributed by atoms with Crippen molar-refractivity contribution in [3.63, 3.8) is 0 Å². The number of aliphatic hydroxyl groups is 1. The Kier molecular flexibility index (Phi) is 5.72. The van der Waals surface area contributed by atoms with E-state index in [0.29, 0.717) is 12.1 Å². The summed E-state index contributed by atoms with van der Waals surface area (Å²) in [7, 11) is 0. The van der Waals surface area contributed by atoms with Gasteiger partial charge in [-0.1, -0.05) is 18.5 Å². The van der Waals surface area contributed by atoms with Gasteiger partial charge in [0.05, 0.1) is 0 Å². The van der Waals surface area contributed by atoms with Crippen LogP contribution >= 0.6 is 11.6 Å². The molecule has 1 aromatic heterocycles. The van der Waals surface area contributed by atoms with Crippen molar-refractivity contribution >= 4 is 23.5 Å². The molecule has 3 N–H and O–H groups in total. The topological polar surface area (TPSA) is 99.5 Å². The monoisotopic (exact) mass is 286 g/mol. The van der Waals surface area contributed by atoms with Gasteiger partial charge < -0.3 is 15.5 Å². The number of carboxylic acid groups (broad SMARTS) is 1. The molecule has 0 aliphatic heterocycles. The Morgan fingerprint density at radius 3 is 2.68 bits per heavy atom. The first kappa shape index (κ1) is 15.4. The van der Waals surface area contributed by atoms with Crippen molar-refractivity contribution < 1.29 is 19.8 Å². The molecule has 0 unspecified atom stereocenters. The Hall–Kier alpha value is -1.66. The van der Waals surface area contributed by atoms with Crippen molar-refractivity contribution in [2.24, 2.45) is 0 Å². The van der Waals surface area contributed by atoms with Crippen LogP contribution in [0.15, 0.2) is 12.1 Å². The van der Waals surface area contributed by atoms with Crippen LogP contribution in [0.1, 0.15) is 29.4 Å². The first-order valence-electron chi connectivity index (χ1n) is 5.79. The number of carbonyl (C=O) groups excluding carboxylic acids is 1. The van der Waals surface area contributed by atoms with Crippen molar-refractivity contribution in [2.75, 3.05) is 6.61 Å². The molecule has 1 rings (SSSR count). The maximum Gasteiger partial charge on any atom is 0.326 e. The van der Waals surface area contributed by atoms with Crippen LogP contribution in [0.2, 0.25) is 5.15 Å².